The Morgan fingerprint density at radius 1 is 1.27 bits per heavy atom. The number of rotatable bonds is 3. The van der Waals surface area contributed by atoms with Gasteiger partial charge in [0.25, 0.3) is 0 Å². The van der Waals surface area contributed by atoms with Gasteiger partial charge < -0.3 is 0 Å². The van der Waals surface area contributed by atoms with Crippen LogP contribution in [-0.2, 0) is 18.1 Å². The first kappa shape index (κ1) is 12.7. The van der Waals surface area contributed by atoms with Crippen molar-refractivity contribution in [2.24, 2.45) is 0 Å². The molecule has 0 saturated heterocycles. The minimum atomic E-state index is -4.89. The summed E-state index contributed by atoms with van der Waals surface area (Å²) in [6.07, 6.45) is -4.89. The second-order valence-electron chi connectivity index (χ2n) is 2.72. The standard InChI is InChI=1S/C8H7F3O2SSe/c9-8(10,11)13-14(12,15)6-7-4-2-1-3-5-7/h1-5H,6H2. The first-order chi connectivity index (χ1) is 6.79. The summed E-state index contributed by atoms with van der Waals surface area (Å²) in [5, 5.41) is 0. The van der Waals surface area contributed by atoms with E-state index in [0.717, 1.165) is 0 Å². The van der Waals surface area contributed by atoms with Crippen molar-refractivity contribution in [2.75, 3.05) is 0 Å². The number of alkyl halides is 3. The molecule has 0 bridgehead atoms. The van der Waals surface area contributed by atoms with Crippen LogP contribution < -0.4 is 0 Å². The van der Waals surface area contributed by atoms with Gasteiger partial charge in [0.15, 0.2) is 0 Å². The van der Waals surface area contributed by atoms with E-state index >= 15 is 0 Å². The van der Waals surface area contributed by atoms with Gasteiger partial charge in [0.2, 0.25) is 0 Å². The van der Waals surface area contributed by atoms with Crippen LogP contribution in [-0.4, -0.2) is 25.0 Å². The quantitative estimate of drug-likeness (QED) is 0.799. The van der Waals surface area contributed by atoms with Gasteiger partial charge in [0.1, 0.15) is 0 Å². The van der Waals surface area contributed by atoms with E-state index in [0.29, 0.717) is 5.56 Å². The molecule has 0 aromatic heterocycles. The van der Waals surface area contributed by atoms with E-state index < -0.39 is 14.5 Å². The molecule has 84 valence electrons. The van der Waals surface area contributed by atoms with Crippen molar-refractivity contribution in [1.82, 2.24) is 0 Å². The fourth-order valence-electron chi connectivity index (χ4n) is 0.952. The molecule has 0 saturated carbocycles. The molecule has 1 aromatic carbocycles. The SMILES string of the molecule is O=S(=[Se])(Cc1ccccc1)OC(F)(F)F. The zero-order chi connectivity index (χ0) is 11.5. The molecule has 1 aromatic rings. The van der Waals surface area contributed by atoms with Gasteiger partial charge in [-0.2, -0.15) is 0 Å². The monoisotopic (exact) mass is 304 g/mol. The molecule has 15 heavy (non-hydrogen) atoms. The van der Waals surface area contributed by atoms with Crippen molar-refractivity contribution >= 4 is 22.5 Å². The second-order valence-corrected chi connectivity index (χ2v) is 7.48. The second kappa shape index (κ2) is 4.65. The van der Waals surface area contributed by atoms with Crippen LogP contribution >= 0.6 is 0 Å². The van der Waals surface area contributed by atoms with E-state index in [1.54, 1.807) is 30.3 Å². The number of halogens is 3. The summed E-state index contributed by atoms with van der Waals surface area (Å²) in [5.41, 5.74) is 0.519. The van der Waals surface area contributed by atoms with Crippen molar-refractivity contribution in [3.05, 3.63) is 35.9 Å². The van der Waals surface area contributed by atoms with E-state index in [1.165, 1.54) is 0 Å². The van der Waals surface area contributed by atoms with Crippen molar-refractivity contribution in [3.63, 3.8) is 0 Å². The molecule has 0 amide bonds. The number of hydrogen-bond acceptors (Lipinski definition) is 2. The van der Waals surface area contributed by atoms with Gasteiger partial charge in [-0.1, -0.05) is 0 Å². The Bertz CT molecular complexity index is 413. The summed E-state index contributed by atoms with van der Waals surface area (Å²) < 4.78 is 50.4. The van der Waals surface area contributed by atoms with Crippen LogP contribution in [0.3, 0.4) is 0 Å². The van der Waals surface area contributed by atoms with Gasteiger partial charge in [-0.25, -0.2) is 0 Å². The average molecular weight is 303 g/mol. The molecule has 0 radical (unpaired) electrons. The van der Waals surface area contributed by atoms with Crippen LogP contribution in [0.15, 0.2) is 30.3 Å². The summed E-state index contributed by atoms with van der Waals surface area (Å²) in [6.45, 7) is 0. The molecule has 7 heteroatoms. The van der Waals surface area contributed by atoms with E-state index in [2.05, 4.69) is 4.18 Å². The molecule has 0 aliphatic heterocycles. The topological polar surface area (TPSA) is 26.3 Å². The predicted molar refractivity (Wildman–Crippen MR) is 51.2 cm³/mol. The molecule has 2 nitrogen and oxygen atoms in total. The van der Waals surface area contributed by atoms with Crippen LogP contribution in [0, 0.1) is 0 Å². The van der Waals surface area contributed by atoms with Crippen LogP contribution in [0.25, 0.3) is 0 Å². The molecule has 0 spiro atoms. The minimum absolute atomic E-state index is 0.298. The van der Waals surface area contributed by atoms with E-state index in [1.807, 2.05) is 14.4 Å². The van der Waals surface area contributed by atoms with Gasteiger partial charge in [0.05, 0.1) is 0 Å². The first-order valence-electron chi connectivity index (χ1n) is 3.82. The molecular formula is C8H7F3O2SSe. The summed E-state index contributed by atoms with van der Waals surface area (Å²) in [6, 6.07) is 8.18. The van der Waals surface area contributed by atoms with Gasteiger partial charge in [0, 0.05) is 0 Å². The summed E-state index contributed by atoms with van der Waals surface area (Å²) >= 11 is 1.94. The van der Waals surface area contributed by atoms with Crippen molar-refractivity contribution in [1.29, 1.82) is 0 Å². The molecule has 1 unspecified atom stereocenters. The van der Waals surface area contributed by atoms with Gasteiger partial charge in [-0.3, -0.25) is 0 Å². The summed E-state index contributed by atoms with van der Waals surface area (Å²) in [4.78, 5) is 0. The van der Waals surface area contributed by atoms with E-state index in [4.69, 9.17) is 0 Å². The van der Waals surface area contributed by atoms with Gasteiger partial charge in [-0.05, 0) is 0 Å². The molecule has 0 N–H and O–H groups in total. The van der Waals surface area contributed by atoms with Crippen LogP contribution in [0.1, 0.15) is 5.56 Å². The Labute approximate surface area is 92.3 Å². The zero-order valence-electron chi connectivity index (χ0n) is 7.36. The Morgan fingerprint density at radius 3 is 2.27 bits per heavy atom. The zero-order valence-corrected chi connectivity index (χ0v) is 9.89. The third-order valence-corrected chi connectivity index (χ3v) is 3.71. The van der Waals surface area contributed by atoms with Crippen LogP contribution in [0.5, 0.6) is 0 Å². The third-order valence-electron chi connectivity index (χ3n) is 1.41. The molecule has 1 rings (SSSR count). The molecule has 0 aliphatic rings. The first-order valence-corrected chi connectivity index (χ1v) is 7.50. The maximum atomic E-state index is 11.8. The Morgan fingerprint density at radius 2 is 1.80 bits per heavy atom. The van der Waals surface area contributed by atoms with Crippen LogP contribution in [0.2, 0.25) is 0 Å². The third kappa shape index (κ3) is 5.32. The maximum absolute atomic E-state index is 11.8. The Hall–Kier alpha value is -0.361. The Kier molecular flexibility index (Phi) is 3.94. The van der Waals surface area contributed by atoms with Crippen molar-refractivity contribution < 1.29 is 21.6 Å². The van der Waals surface area contributed by atoms with Gasteiger partial charge in [-0.15, -0.1) is 0 Å². The van der Waals surface area contributed by atoms with Crippen LogP contribution in [0.4, 0.5) is 13.2 Å². The normalized spacial score (nSPS) is 15.9. The average Bonchev–Trinajstić information content (AvgIpc) is 1.99. The fourth-order valence-corrected chi connectivity index (χ4v) is 3.24. The van der Waals surface area contributed by atoms with E-state index in [9.17, 15) is 17.4 Å². The molecule has 0 heterocycles. The molecule has 1 atom stereocenters. The molecule has 0 fully saturated rings. The van der Waals surface area contributed by atoms with Crippen molar-refractivity contribution in [2.45, 2.75) is 12.1 Å². The summed E-state index contributed by atoms with van der Waals surface area (Å²) in [5.74, 6) is -0.298. The molecule has 0 aliphatic carbocycles. The number of benzene rings is 1. The summed E-state index contributed by atoms with van der Waals surface area (Å²) in [7, 11) is -3.49. The predicted octanol–water partition coefficient (Wildman–Crippen LogP) is 2.01. The van der Waals surface area contributed by atoms with Crippen molar-refractivity contribution in [3.8, 4) is 0 Å². The molecular weight excluding hydrogens is 296 g/mol. The number of hydrogen-bond donors (Lipinski definition) is 0. The van der Waals surface area contributed by atoms with Gasteiger partial charge >= 0.3 is 92.1 Å². The van der Waals surface area contributed by atoms with E-state index in [-0.39, 0.29) is 5.75 Å². The fraction of sp³-hybridized carbons (Fsp3) is 0.250. The Balaban J connectivity index is 2.74.